The van der Waals surface area contributed by atoms with Crippen molar-refractivity contribution in [3.8, 4) is 0 Å². The minimum atomic E-state index is -0.221. The van der Waals surface area contributed by atoms with Crippen molar-refractivity contribution < 1.29 is 4.39 Å². The van der Waals surface area contributed by atoms with Crippen LogP contribution >= 0.6 is 15.9 Å². The molecular formula is C15H19BrFN3. The summed E-state index contributed by atoms with van der Waals surface area (Å²) in [6.45, 7) is 4.04. The predicted octanol–water partition coefficient (Wildman–Crippen LogP) is 3.92. The molecule has 1 N–H and O–H groups in total. The highest BCUT2D eigenvalue weighted by molar-refractivity contribution is 9.10. The molecule has 1 aromatic heterocycles. The zero-order chi connectivity index (χ0) is 14.4. The van der Waals surface area contributed by atoms with Crippen molar-refractivity contribution >= 4 is 15.9 Å². The molecule has 1 atom stereocenters. The van der Waals surface area contributed by atoms with Gasteiger partial charge in [-0.1, -0.05) is 6.07 Å². The zero-order valence-corrected chi connectivity index (χ0v) is 13.1. The lowest BCUT2D eigenvalue weighted by Gasteiger charge is -2.14. The Morgan fingerprint density at radius 1 is 1.40 bits per heavy atom. The van der Waals surface area contributed by atoms with Crippen LogP contribution in [0.4, 0.5) is 4.39 Å². The molecule has 20 heavy (non-hydrogen) atoms. The number of hydrogen-bond donors (Lipinski definition) is 1. The highest BCUT2D eigenvalue weighted by atomic mass is 79.9. The normalized spacial score (nSPS) is 12.6. The van der Waals surface area contributed by atoms with Crippen molar-refractivity contribution in [1.82, 2.24) is 14.9 Å². The molecule has 1 aromatic carbocycles. The number of aromatic nitrogens is 2. The van der Waals surface area contributed by atoms with Crippen LogP contribution in [-0.4, -0.2) is 16.1 Å². The van der Waals surface area contributed by atoms with Gasteiger partial charge in [0.2, 0.25) is 0 Å². The fourth-order valence-electron chi connectivity index (χ4n) is 2.06. The molecule has 0 aliphatic carbocycles. The van der Waals surface area contributed by atoms with Crippen molar-refractivity contribution in [2.45, 2.75) is 32.4 Å². The van der Waals surface area contributed by atoms with Gasteiger partial charge < -0.3 is 9.88 Å². The average molecular weight is 340 g/mol. The van der Waals surface area contributed by atoms with Gasteiger partial charge in [0.05, 0.1) is 10.8 Å². The van der Waals surface area contributed by atoms with Gasteiger partial charge in [-0.3, -0.25) is 0 Å². The Balaban J connectivity index is 1.69. The molecule has 2 aromatic rings. The fraction of sp³-hybridized carbons (Fsp3) is 0.400. The SMILES string of the molecule is CC(NCCCCn1ccnc1)c1ccc(F)c(Br)c1. The Bertz CT molecular complexity index is 528. The largest absolute Gasteiger partial charge is 0.337 e. The Morgan fingerprint density at radius 2 is 2.25 bits per heavy atom. The predicted molar refractivity (Wildman–Crippen MR) is 82.0 cm³/mol. The second kappa shape index (κ2) is 7.55. The summed E-state index contributed by atoms with van der Waals surface area (Å²) in [6, 6.07) is 5.37. The minimum Gasteiger partial charge on any atom is -0.337 e. The molecule has 0 aliphatic heterocycles. The monoisotopic (exact) mass is 339 g/mol. The van der Waals surface area contributed by atoms with Crippen LogP contribution in [0.1, 0.15) is 31.4 Å². The molecule has 0 radical (unpaired) electrons. The van der Waals surface area contributed by atoms with E-state index in [4.69, 9.17) is 0 Å². The highest BCUT2D eigenvalue weighted by Gasteiger charge is 2.07. The summed E-state index contributed by atoms with van der Waals surface area (Å²) >= 11 is 3.22. The van der Waals surface area contributed by atoms with Gasteiger partial charge in [0.1, 0.15) is 5.82 Å². The van der Waals surface area contributed by atoms with Crippen LogP contribution in [0.15, 0.2) is 41.4 Å². The molecule has 3 nitrogen and oxygen atoms in total. The quantitative estimate of drug-likeness (QED) is 0.775. The average Bonchev–Trinajstić information content (AvgIpc) is 2.94. The van der Waals surface area contributed by atoms with E-state index in [1.165, 1.54) is 6.07 Å². The van der Waals surface area contributed by atoms with Gasteiger partial charge in [0, 0.05) is 25.0 Å². The Hall–Kier alpha value is -1.20. The molecule has 0 saturated carbocycles. The molecule has 0 bridgehead atoms. The molecule has 5 heteroatoms. The van der Waals surface area contributed by atoms with Gasteiger partial charge in [-0.15, -0.1) is 0 Å². The second-order valence-corrected chi connectivity index (χ2v) is 5.71. The van der Waals surface area contributed by atoms with E-state index in [0.717, 1.165) is 31.5 Å². The molecule has 2 rings (SSSR count). The third-order valence-electron chi connectivity index (χ3n) is 3.30. The second-order valence-electron chi connectivity index (χ2n) is 4.86. The molecule has 0 fully saturated rings. The van der Waals surface area contributed by atoms with Gasteiger partial charge in [-0.05, 0) is 59.9 Å². The van der Waals surface area contributed by atoms with E-state index < -0.39 is 0 Å². The van der Waals surface area contributed by atoms with Crippen LogP contribution < -0.4 is 5.32 Å². The number of aryl methyl sites for hydroxylation is 1. The van der Waals surface area contributed by atoms with E-state index >= 15 is 0 Å². The molecule has 1 unspecified atom stereocenters. The molecule has 0 amide bonds. The minimum absolute atomic E-state index is 0.221. The van der Waals surface area contributed by atoms with Crippen molar-refractivity contribution in [2.75, 3.05) is 6.54 Å². The Kier molecular flexibility index (Phi) is 5.73. The molecule has 1 heterocycles. The third kappa shape index (κ3) is 4.42. The van der Waals surface area contributed by atoms with Gasteiger partial charge in [-0.25, -0.2) is 9.37 Å². The number of hydrogen-bond acceptors (Lipinski definition) is 2. The summed E-state index contributed by atoms with van der Waals surface area (Å²) < 4.78 is 15.8. The van der Waals surface area contributed by atoms with Crippen LogP contribution in [-0.2, 0) is 6.54 Å². The molecule has 0 spiro atoms. The van der Waals surface area contributed by atoms with Crippen molar-refractivity contribution in [3.63, 3.8) is 0 Å². The topological polar surface area (TPSA) is 29.9 Å². The van der Waals surface area contributed by atoms with Crippen LogP contribution in [0.25, 0.3) is 0 Å². The van der Waals surface area contributed by atoms with E-state index in [9.17, 15) is 4.39 Å². The first kappa shape index (κ1) is 15.2. The number of benzene rings is 1. The van der Waals surface area contributed by atoms with E-state index in [-0.39, 0.29) is 11.9 Å². The van der Waals surface area contributed by atoms with Crippen molar-refractivity contribution in [3.05, 3.63) is 52.8 Å². The third-order valence-corrected chi connectivity index (χ3v) is 3.90. The zero-order valence-electron chi connectivity index (χ0n) is 11.5. The van der Waals surface area contributed by atoms with Gasteiger partial charge in [0.15, 0.2) is 0 Å². The molecule has 0 saturated heterocycles. The summed E-state index contributed by atoms with van der Waals surface area (Å²) in [5, 5.41) is 3.46. The lowest BCUT2D eigenvalue weighted by molar-refractivity contribution is 0.522. The lowest BCUT2D eigenvalue weighted by atomic mass is 10.1. The standard InChI is InChI=1S/C15H19BrFN3/c1-12(13-4-5-15(17)14(16)10-13)19-6-2-3-8-20-9-7-18-11-20/h4-5,7,9-12,19H,2-3,6,8H2,1H3. The summed E-state index contributed by atoms with van der Waals surface area (Å²) in [7, 11) is 0. The summed E-state index contributed by atoms with van der Waals surface area (Å²) in [6.07, 6.45) is 7.83. The molecule has 0 aliphatic rings. The maximum atomic E-state index is 13.2. The smallest absolute Gasteiger partial charge is 0.137 e. The highest BCUT2D eigenvalue weighted by Crippen LogP contribution is 2.21. The number of unbranched alkanes of at least 4 members (excludes halogenated alkanes) is 1. The van der Waals surface area contributed by atoms with Crippen LogP contribution in [0, 0.1) is 5.82 Å². The van der Waals surface area contributed by atoms with E-state index in [0.29, 0.717) is 4.47 Å². The number of halogens is 2. The van der Waals surface area contributed by atoms with Crippen molar-refractivity contribution in [2.24, 2.45) is 0 Å². The van der Waals surface area contributed by atoms with Gasteiger partial charge in [0.25, 0.3) is 0 Å². The van der Waals surface area contributed by atoms with Crippen LogP contribution in [0.2, 0.25) is 0 Å². The van der Waals surface area contributed by atoms with E-state index in [1.54, 1.807) is 6.20 Å². The Morgan fingerprint density at radius 3 is 2.95 bits per heavy atom. The maximum Gasteiger partial charge on any atom is 0.137 e. The first-order valence-electron chi connectivity index (χ1n) is 6.81. The number of nitrogens with one attached hydrogen (secondary N) is 1. The fourth-order valence-corrected chi connectivity index (χ4v) is 2.45. The van der Waals surface area contributed by atoms with E-state index in [1.807, 2.05) is 24.7 Å². The van der Waals surface area contributed by atoms with Crippen LogP contribution in [0.3, 0.4) is 0 Å². The summed E-state index contributed by atoms with van der Waals surface area (Å²) in [5.74, 6) is -0.221. The number of nitrogens with zero attached hydrogens (tertiary/aromatic N) is 2. The van der Waals surface area contributed by atoms with Crippen molar-refractivity contribution in [1.29, 1.82) is 0 Å². The van der Waals surface area contributed by atoms with Gasteiger partial charge in [-0.2, -0.15) is 0 Å². The first-order chi connectivity index (χ1) is 9.66. The molecule has 108 valence electrons. The van der Waals surface area contributed by atoms with E-state index in [2.05, 4.69) is 37.7 Å². The number of imidazole rings is 1. The maximum absolute atomic E-state index is 13.2. The summed E-state index contributed by atoms with van der Waals surface area (Å²) in [4.78, 5) is 4.02. The summed E-state index contributed by atoms with van der Waals surface area (Å²) in [5.41, 5.74) is 1.09. The lowest BCUT2D eigenvalue weighted by Crippen LogP contribution is -2.20. The first-order valence-corrected chi connectivity index (χ1v) is 7.60. The molecular weight excluding hydrogens is 321 g/mol. The Labute approximate surface area is 127 Å². The van der Waals surface area contributed by atoms with Gasteiger partial charge >= 0.3 is 0 Å². The van der Waals surface area contributed by atoms with Crippen LogP contribution in [0.5, 0.6) is 0 Å². The number of rotatable bonds is 7.